The van der Waals surface area contributed by atoms with Gasteiger partial charge in [-0.15, -0.1) is 0 Å². The summed E-state index contributed by atoms with van der Waals surface area (Å²) in [5.41, 5.74) is 11.9. The zero-order chi connectivity index (χ0) is 12.1. The SMILES string of the molecule is CC(Cc1ccccc1)N(C(=N)N)C(=N)N. The normalized spacial score (nSPS) is 11.8. The molecule has 0 saturated carbocycles. The molecule has 6 N–H and O–H groups in total. The fourth-order valence-corrected chi connectivity index (χ4v) is 1.65. The summed E-state index contributed by atoms with van der Waals surface area (Å²) in [4.78, 5) is 1.30. The van der Waals surface area contributed by atoms with Crippen LogP contribution >= 0.6 is 0 Å². The highest BCUT2D eigenvalue weighted by molar-refractivity contribution is 5.94. The number of nitrogens with one attached hydrogen (secondary N) is 2. The van der Waals surface area contributed by atoms with E-state index in [1.807, 2.05) is 37.3 Å². The standard InChI is InChI=1S/C11H17N5/c1-8(16(10(12)13)11(14)15)7-9-5-3-2-4-6-9/h2-6,8H,7H2,1H3,(H3,12,13)(H3,14,15). The molecule has 0 aromatic heterocycles. The lowest BCUT2D eigenvalue weighted by Crippen LogP contribution is -2.50. The van der Waals surface area contributed by atoms with Gasteiger partial charge in [-0.1, -0.05) is 30.3 Å². The van der Waals surface area contributed by atoms with E-state index in [0.29, 0.717) is 6.42 Å². The number of benzene rings is 1. The first kappa shape index (κ1) is 12.0. The number of nitrogens with two attached hydrogens (primary N) is 2. The minimum atomic E-state index is -0.198. The summed E-state index contributed by atoms with van der Waals surface area (Å²) >= 11 is 0. The maximum absolute atomic E-state index is 7.36. The predicted octanol–water partition coefficient (Wildman–Crippen LogP) is 0.707. The van der Waals surface area contributed by atoms with Gasteiger partial charge >= 0.3 is 0 Å². The minimum absolute atomic E-state index is 0.0996. The van der Waals surface area contributed by atoms with Crippen molar-refractivity contribution in [2.45, 2.75) is 19.4 Å². The van der Waals surface area contributed by atoms with Gasteiger partial charge in [-0.05, 0) is 18.9 Å². The molecule has 0 aliphatic rings. The van der Waals surface area contributed by atoms with Crippen molar-refractivity contribution in [3.05, 3.63) is 35.9 Å². The summed E-state index contributed by atoms with van der Waals surface area (Å²) in [6.45, 7) is 1.88. The monoisotopic (exact) mass is 219 g/mol. The Kier molecular flexibility index (Phi) is 3.88. The Hall–Kier alpha value is -2.04. The molecule has 1 aromatic rings. The van der Waals surface area contributed by atoms with Gasteiger partial charge in [0.05, 0.1) is 0 Å². The average Bonchev–Trinajstić information content (AvgIpc) is 2.17. The van der Waals surface area contributed by atoms with Gasteiger partial charge in [0.2, 0.25) is 0 Å². The summed E-state index contributed by atoms with van der Waals surface area (Å²) < 4.78 is 0. The first-order valence-electron chi connectivity index (χ1n) is 5.03. The van der Waals surface area contributed by atoms with Gasteiger partial charge in [0, 0.05) is 6.04 Å². The van der Waals surface area contributed by atoms with Crippen LogP contribution in [0, 0.1) is 10.8 Å². The van der Waals surface area contributed by atoms with E-state index in [2.05, 4.69) is 0 Å². The summed E-state index contributed by atoms with van der Waals surface area (Å²) in [5, 5.41) is 14.7. The Bertz CT molecular complexity index is 359. The smallest absolute Gasteiger partial charge is 0.195 e. The van der Waals surface area contributed by atoms with Gasteiger partial charge in [-0.25, -0.2) is 0 Å². The van der Waals surface area contributed by atoms with Gasteiger partial charge < -0.3 is 11.5 Å². The average molecular weight is 219 g/mol. The van der Waals surface area contributed by atoms with E-state index in [9.17, 15) is 0 Å². The molecule has 1 unspecified atom stereocenters. The molecule has 0 bridgehead atoms. The molecule has 86 valence electrons. The van der Waals surface area contributed by atoms with Crippen molar-refractivity contribution in [1.82, 2.24) is 4.90 Å². The van der Waals surface area contributed by atoms with Crippen LogP contribution in [0.15, 0.2) is 30.3 Å². The molecule has 0 radical (unpaired) electrons. The third kappa shape index (κ3) is 2.98. The summed E-state index contributed by atoms with van der Waals surface area (Å²) in [6.07, 6.45) is 0.694. The van der Waals surface area contributed by atoms with E-state index in [1.54, 1.807) is 0 Å². The summed E-state index contributed by atoms with van der Waals surface area (Å²) in [6, 6.07) is 9.74. The number of rotatable bonds is 3. The lowest BCUT2D eigenvalue weighted by atomic mass is 10.1. The van der Waals surface area contributed by atoms with Crippen LogP contribution in [0.2, 0.25) is 0 Å². The molecule has 0 aliphatic carbocycles. The van der Waals surface area contributed by atoms with Crippen LogP contribution in [0.5, 0.6) is 0 Å². The second kappa shape index (κ2) is 5.16. The van der Waals surface area contributed by atoms with Gasteiger partial charge in [-0.2, -0.15) is 0 Å². The number of guanidine groups is 2. The lowest BCUT2D eigenvalue weighted by molar-refractivity contribution is 0.449. The van der Waals surface area contributed by atoms with Crippen LogP contribution in [-0.2, 0) is 6.42 Å². The summed E-state index contributed by atoms with van der Waals surface area (Å²) in [5.74, 6) is -0.396. The van der Waals surface area contributed by atoms with Crippen LogP contribution < -0.4 is 11.5 Å². The topological polar surface area (TPSA) is 103 Å². The number of nitrogens with zero attached hydrogens (tertiary/aromatic N) is 1. The Morgan fingerprint density at radius 1 is 1.19 bits per heavy atom. The molecule has 5 nitrogen and oxygen atoms in total. The molecule has 0 saturated heterocycles. The van der Waals surface area contributed by atoms with Crippen LogP contribution in [0.25, 0.3) is 0 Å². The van der Waals surface area contributed by atoms with Gasteiger partial charge in [0.15, 0.2) is 11.9 Å². The van der Waals surface area contributed by atoms with E-state index < -0.39 is 0 Å². The van der Waals surface area contributed by atoms with Crippen molar-refractivity contribution < 1.29 is 0 Å². The van der Waals surface area contributed by atoms with Crippen molar-refractivity contribution in [2.75, 3.05) is 0 Å². The largest absolute Gasteiger partial charge is 0.370 e. The van der Waals surface area contributed by atoms with Gasteiger partial charge in [0.25, 0.3) is 0 Å². The molecule has 5 heteroatoms. The highest BCUT2D eigenvalue weighted by Gasteiger charge is 2.18. The van der Waals surface area contributed by atoms with Crippen molar-refractivity contribution >= 4 is 11.9 Å². The molecule has 0 aliphatic heterocycles. The van der Waals surface area contributed by atoms with Crippen molar-refractivity contribution in [3.8, 4) is 0 Å². The quantitative estimate of drug-likeness (QED) is 0.444. The molecular weight excluding hydrogens is 202 g/mol. The van der Waals surface area contributed by atoms with E-state index >= 15 is 0 Å². The number of hydrogen-bond donors (Lipinski definition) is 4. The molecule has 0 fully saturated rings. The summed E-state index contributed by atoms with van der Waals surface area (Å²) in [7, 11) is 0. The van der Waals surface area contributed by atoms with Gasteiger partial charge in [-0.3, -0.25) is 15.7 Å². The van der Waals surface area contributed by atoms with E-state index in [4.69, 9.17) is 22.3 Å². The molecule has 1 rings (SSSR count). The van der Waals surface area contributed by atoms with Crippen LogP contribution in [0.1, 0.15) is 12.5 Å². The fraction of sp³-hybridized carbons (Fsp3) is 0.273. The Balaban J connectivity index is 2.74. The Labute approximate surface area is 95.1 Å². The minimum Gasteiger partial charge on any atom is -0.370 e. The maximum atomic E-state index is 7.36. The number of hydrogen-bond acceptors (Lipinski definition) is 2. The zero-order valence-corrected chi connectivity index (χ0v) is 9.27. The van der Waals surface area contributed by atoms with E-state index in [1.165, 1.54) is 4.90 Å². The molecule has 0 amide bonds. The third-order valence-electron chi connectivity index (χ3n) is 2.33. The first-order chi connectivity index (χ1) is 7.52. The zero-order valence-electron chi connectivity index (χ0n) is 9.27. The molecule has 1 aromatic carbocycles. The highest BCUT2D eigenvalue weighted by Crippen LogP contribution is 2.07. The highest BCUT2D eigenvalue weighted by atomic mass is 15.3. The molecule has 0 spiro atoms. The van der Waals surface area contributed by atoms with E-state index in [-0.39, 0.29) is 18.0 Å². The van der Waals surface area contributed by atoms with E-state index in [0.717, 1.165) is 5.56 Å². The molecule has 1 atom stereocenters. The lowest BCUT2D eigenvalue weighted by Gasteiger charge is -2.27. The third-order valence-corrected chi connectivity index (χ3v) is 2.33. The predicted molar refractivity (Wildman–Crippen MR) is 65.3 cm³/mol. The molecule has 0 heterocycles. The Morgan fingerprint density at radius 2 is 1.69 bits per heavy atom. The van der Waals surface area contributed by atoms with Crippen LogP contribution in [0.3, 0.4) is 0 Å². The fourth-order valence-electron chi connectivity index (χ4n) is 1.65. The first-order valence-corrected chi connectivity index (χ1v) is 5.03. The Morgan fingerprint density at radius 3 is 2.12 bits per heavy atom. The van der Waals surface area contributed by atoms with Gasteiger partial charge in [0.1, 0.15) is 0 Å². The second-order valence-corrected chi connectivity index (χ2v) is 3.68. The van der Waals surface area contributed by atoms with Crippen molar-refractivity contribution in [3.63, 3.8) is 0 Å². The van der Waals surface area contributed by atoms with Crippen LogP contribution in [0.4, 0.5) is 0 Å². The maximum Gasteiger partial charge on any atom is 0.195 e. The second-order valence-electron chi connectivity index (χ2n) is 3.68. The molecular formula is C11H17N5. The van der Waals surface area contributed by atoms with Crippen LogP contribution in [-0.4, -0.2) is 22.9 Å². The molecule has 16 heavy (non-hydrogen) atoms. The van der Waals surface area contributed by atoms with Crippen molar-refractivity contribution in [1.29, 1.82) is 10.8 Å². The van der Waals surface area contributed by atoms with Crippen molar-refractivity contribution in [2.24, 2.45) is 11.5 Å².